The summed E-state index contributed by atoms with van der Waals surface area (Å²) in [4.78, 5) is 12.0. The molecule has 138 valence electrons. The zero-order chi connectivity index (χ0) is 19.2. The largest absolute Gasteiger partial charge is 0.507 e. The summed E-state index contributed by atoms with van der Waals surface area (Å²) in [6.07, 6.45) is 1.39. The van der Waals surface area contributed by atoms with E-state index in [0.717, 1.165) is 15.9 Å². The van der Waals surface area contributed by atoms with Crippen molar-refractivity contribution in [1.29, 1.82) is 0 Å². The monoisotopic (exact) mass is 445 g/mol. The molecule has 2 aromatic carbocycles. The number of phenols is 1. The van der Waals surface area contributed by atoms with Crippen LogP contribution in [0.5, 0.6) is 5.75 Å². The molecule has 1 heterocycles. The Kier molecular flexibility index (Phi) is 6.25. The van der Waals surface area contributed by atoms with E-state index in [1.54, 1.807) is 18.2 Å². The molecule has 0 saturated heterocycles. The lowest BCUT2D eigenvalue weighted by molar-refractivity contribution is -0.118. The van der Waals surface area contributed by atoms with Gasteiger partial charge in [0.1, 0.15) is 5.75 Å². The summed E-state index contributed by atoms with van der Waals surface area (Å²) in [7, 11) is 1.86. The Morgan fingerprint density at radius 1 is 1.30 bits per heavy atom. The van der Waals surface area contributed by atoms with Crippen LogP contribution in [0.4, 0.5) is 0 Å². The van der Waals surface area contributed by atoms with Crippen LogP contribution in [-0.4, -0.2) is 37.7 Å². The van der Waals surface area contributed by atoms with Crippen LogP contribution in [0.2, 0.25) is 0 Å². The van der Waals surface area contributed by atoms with Gasteiger partial charge in [-0.3, -0.25) is 4.79 Å². The van der Waals surface area contributed by atoms with Gasteiger partial charge >= 0.3 is 0 Å². The molecular weight excluding hydrogens is 430 g/mol. The molecule has 7 nitrogen and oxygen atoms in total. The van der Waals surface area contributed by atoms with Crippen molar-refractivity contribution in [2.75, 3.05) is 5.75 Å². The molecule has 0 unspecified atom stereocenters. The number of aromatic hydroxyl groups is 1. The molecule has 0 aliphatic heterocycles. The highest BCUT2D eigenvalue weighted by Crippen LogP contribution is 2.22. The van der Waals surface area contributed by atoms with Gasteiger partial charge in [-0.1, -0.05) is 58.0 Å². The van der Waals surface area contributed by atoms with Gasteiger partial charge in [0.15, 0.2) is 11.0 Å². The highest BCUT2D eigenvalue weighted by Gasteiger charge is 2.12. The van der Waals surface area contributed by atoms with Gasteiger partial charge in [-0.25, -0.2) is 5.43 Å². The molecular formula is C18H16BrN5O2S. The first-order chi connectivity index (χ1) is 13.0. The molecule has 0 aliphatic carbocycles. The molecule has 1 amide bonds. The predicted octanol–water partition coefficient (Wildman–Crippen LogP) is 3.19. The van der Waals surface area contributed by atoms with Crippen LogP contribution in [-0.2, 0) is 11.8 Å². The van der Waals surface area contributed by atoms with Crippen molar-refractivity contribution >= 4 is 39.8 Å². The Hall–Kier alpha value is -2.65. The van der Waals surface area contributed by atoms with Gasteiger partial charge in [-0.15, -0.1) is 10.2 Å². The fourth-order valence-electron chi connectivity index (χ4n) is 2.24. The minimum Gasteiger partial charge on any atom is -0.507 e. The number of carbonyl (C=O) groups excluding carboxylic acids is 1. The number of phenolic OH excluding ortho intramolecular Hbond substituents is 1. The Bertz CT molecular complexity index is 975. The molecule has 27 heavy (non-hydrogen) atoms. The van der Waals surface area contributed by atoms with Crippen LogP contribution in [0.1, 0.15) is 5.56 Å². The number of hydrogen-bond donors (Lipinski definition) is 2. The smallest absolute Gasteiger partial charge is 0.250 e. The van der Waals surface area contributed by atoms with E-state index in [4.69, 9.17) is 0 Å². The van der Waals surface area contributed by atoms with Crippen molar-refractivity contribution < 1.29 is 9.90 Å². The summed E-state index contributed by atoms with van der Waals surface area (Å²) in [5.41, 5.74) is 3.89. The molecule has 0 atom stereocenters. The van der Waals surface area contributed by atoms with E-state index in [1.807, 2.05) is 41.9 Å². The minimum atomic E-state index is -0.282. The van der Waals surface area contributed by atoms with Gasteiger partial charge in [0, 0.05) is 22.6 Å². The summed E-state index contributed by atoms with van der Waals surface area (Å²) in [5.74, 6) is 0.678. The van der Waals surface area contributed by atoms with Gasteiger partial charge < -0.3 is 9.67 Å². The summed E-state index contributed by atoms with van der Waals surface area (Å²) in [5, 5.41) is 22.6. The zero-order valence-electron chi connectivity index (χ0n) is 14.3. The molecule has 0 aliphatic rings. The maximum Gasteiger partial charge on any atom is 0.250 e. The van der Waals surface area contributed by atoms with Crippen LogP contribution in [0.25, 0.3) is 11.4 Å². The normalized spacial score (nSPS) is 11.0. The lowest BCUT2D eigenvalue weighted by Crippen LogP contribution is -2.19. The van der Waals surface area contributed by atoms with Crippen molar-refractivity contribution in [2.24, 2.45) is 12.1 Å². The number of benzene rings is 2. The number of nitrogens with one attached hydrogen (secondary N) is 1. The fraction of sp³-hybridized carbons (Fsp3) is 0.111. The van der Waals surface area contributed by atoms with E-state index in [9.17, 15) is 9.90 Å². The van der Waals surface area contributed by atoms with E-state index in [1.165, 1.54) is 18.0 Å². The van der Waals surface area contributed by atoms with Gasteiger partial charge in [0.2, 0.25) is 0 Å². The Balaban J connectivity index is 1.56. The minimum absolute atomic E-state index is 0.0816. The number of thioether (sulfide) groups is 1. The van der Waals surface area contributed by atoms with Crippen LogP contribution < -0.4 is 5.43 Å². The average Bonchev–Trinajstić information content (AvgIpc) is 3.04. The van der Waals surface area contributed by atoms with Crippen LogP contribution in [0.3, 0.4) is 0 Å². The number of amides is 1. The van der Waals surface area contributed by atoms with Gasteiger partial charge in [-0.2, -0.15) is 5.10 Å². The second-order valence-electron chi connectivity index (χ2n) is 5.52. The summed E-state index contributed by atoms with van der Waals surface area (Å²) >= 11 is 4.58. The molecule has 0 fully saturated rings. The molecule has 3 aromatic rings. The summed E-state index contributed by atoms with van der Waals surface area (Å²) in [6, 6.07) is 14.7. The highest BCUT2D eigenvalue weighted by molar-refractivity contribution is 9.10. The lowest BCUT2D eigenvalue weighted by atomic mass is 10.2. The Labute approximate surface area is 168 Å². The Morgan fingerprint density at radius 2 is 2.07 bits per heavy atom. The van der Waals surface area contributed by atoms with E-state index in [-0.39, 0.29) is 17.4 Å². The number of hydrogen-bond acceptors (Lipinski definition) is 6. The highest BCUT2D eigenvalue weighted by atomic mass is 79.9. The molecule has 2 N–H and O–H groups in total. The number of aromatic nitrogens is 3. The first kappa shape index (κ1) is 19.1. The van der Waals surface area contributed by atoms with Crippen molar-refractivity contribution in [1.82, 2.24) is 20.2 Å². The standard InChI is InChI=1S/C18H16BrN5O2S/c1-24-17(12-5-3-2-4-6-12)22-23-18(24)27-11-16(26)21-20-10-13-9-14(19)7-8-15(13)25/h2-10,25H,11H2,1H3,(H,21,26). The SMILES string of the molecule is Cn1c(SCC(=O)NN=Cc2cc(Br)ccc2O)nnc1-c1ccccc1. The lowest BCUT2D eigenvalue weighted by Gasteiger charge is -2.03. The predicted molar refractivity (Wildman–Crippen MR) is 109 cm³/mol. The molecule has 0 radical (unpaired) electrons. The van der Waals surface area contributed by atoms with Crippen molar-refractivity contribution in [2.45, 2.75) is 5.16 Å². The van der Waals surface area contributed by atoms with Crippen LogP contribution in [0.15, 0.2) is 63.3 Å². The van der Waals surface area contributed by atoms with Crippen molar-refractivity contribution in [3.8, 4) is 17.1 Å². The second-order valence-corrected chi connectivity index (χ2v) is 7.37. The van der Waals surface area contributed by atoms with E-state index < -0.39 is 0 Å². The summed E-state index contributed by atoms with van der Waals surface area (Å²) in [6.45, 7) is 0. The first-order valence-corrected chi connectivity index (χ1v) is 9.70. The zero-order valence-corrected chi connectivity index (χ0v) is 16.7. The molecule has 0 spiro atoms. The molecule has 0 bridgehead atoms. The quantitative estimate of drug-likeness (QED) is 0.345. The fourth-order valence-corrected chi connectivity index (χ4v) is 3.33. The maximum absolute atomic E-state index is 12.0. The first-order valence-electron chi connectivity index (χ1n) is 7.92. The van der Waals surface area contributed by atoms with E-state index >= 15 is 0 Å². The molecule has 3 rings (SSSR count). The number of carbonyl (C=O) groups is 1. The third-order valence-corrected chi connectivity index (χ3v) is 5.10. The topological polar surface area (TPSA) is 92.4 Å². The van der Waals surface area contributed by atoms with Crippen molar-refractivity contribution in [3.05, 3.63) is 58.6 Å². The second kappa shape index (κ2) is 8.83. The van der Waals surface area contributed by atoms with Gasteiger partial charge in [0.25, 0.3) is 5.91 Å². The summed E-state index contributed by atoms with van der Waals surface area (Å²) < 4.78 is 2.65. The third-order valence-electron chi connectivity index (χ3n) is 3.58. The van der Waals surface area contributed by atoms with Crippen LogP contribution >= 0.6 is 27.7 Å². The van der Waals surface area contributed by atoms with E-state index in [2.05, 4.69) is 36.7 Å². The Morgan fingerprint density at radius 3 is 2.85 bits per heavy atom. The molecule has 0 saturated carbocycles. The molecule has 1 aromatic heterocycles. The third kappa shape index (κ3) is 4.95. The van der Waals surface area contributed by atoms with Crippen molar-refractivity contribution in [3.63, 3.8) is 0 Å². The number of hydrazone groups is 1. The van der Waals surface area contributed by atoms with E-state index in [0.29, 0.717) is 10.7 Å². The number of nitrogens with zero attached hydrogens (tertiary/aromatic N) is 4. The molecule has 9 heteroatoms. The van der Waals surface area contributed by atoms with Crippen LogP contribution in [0, 0.1) is 0 Å². The van der Waals surface area contributed by atoms with Gasteiger partial charge in [0.05, 0.1) is 12.0 Å². The number of rotatable bonds is 6. The average molecular weight is 446 g/mol. The number of halogens is 1. The van der Waals surface area contributed by atoms with Gasteiger partial charge in [-0.05, 0) is 18.2 Å². The maximum atomic E-state index is 12.0.